The van der Waals surface area contributed by atoms with Crippen molar-refractivity contribution in [3.63, 3.8) is 0 Å². The van der Waals surface area contributed by atoms with E-state index in [2.05, 4.69) is 5.16 Å². The molecule has 0 aliphatic heterocycles. The molecule has 0 fully saturated rings. The molecular weight excluding hydrogens is 422 g/mol. The fourth-order valence-corrected chi connectivity index (χ4v) is 2.97. The SMILES string of the molecule is CCCON=C(COc1cccc(CC(=O)O)c1)c1cccc(Oc2ccc(OC)cc2)c1. The topological polar surface area (TPSA) is 86.6 Å². The molecule has 0 heterocycles. The van der Waals surface area contributed by atoms with Crippen LogP contribution < -0.4 is 14.2 Å². The van der Waals surface area contributed by atoms with Crippen LogP contribution in [0.4, 0.5) is 0 Å². The van der Waals surface area contributed by atoms with E-state index in [-0.39, 0.29) is 13.0 Å². The van der Waals surface area contributed by atoms with Gasteiger partial charge >= 0.3 is 5.97 Å². The summed E-state index contributed by atoms with van der Waals surface area (Å²) in [5.74, 6) is 1.74. The Bertz CT molecular complexity index is 1080. The summed E-state index contributed by atoms with van der Waals surface area (Å²) >= 11 is 0. The minimum Gasteiger partial charge on any atom is -0.497 e. The second-order valence-corrected chi connectivity index (χ2v) is 7.18. The van der Waals surface area contributed by atoms with Gasteiger partial charge in [0, 0.05) is 5.56 Å². The number of rotatable bonds is 12. The third-order valence-corrected chi connectivity index (χ3v) is 4.56. The summed E-state index contributed by atoms with van der Waals surface area (Å²) in [6, 6.07) is 21.8. The van der Waals surface area contributed by atoms with Gasteiger partial charge in [0.25, 0.3) is 0 Å². The Kier molecular flexibility index (Phi) is 8.71. The Morgan fingerprint density at radius 1 is 0.909 bits per heavy atom. The maximum Gasteiger partial charge on any atom is 0.307 e. The van der Waals surface area contributed by atoms with Crippen LogP contribution in [0.5, 0.6) is 23.0 Å². The Hall–Kier alpha value is -4.00. The number of carboxylic acid groups (broad SMARTS) is 1. The van der Waals surface area contributed by atoms with Crippen LogP contribution in [0, 0.1) is 0 Å². The van der Waals surface area contributed by atoms with Crippen molar-refractivity contribution in [2.75, 3.05) is 20.3 Å². The molecule has 0 aromatic heterocycles. The van der Waals surface area contributed by atoms with Gasteiger partial charge in [-0.1, -0.05) is 36.3 Å². The molecule has 33 heavy (non-hydrogen) atoms. The van der Waals surface area contributed by atoms with Crippen LogP contribution >= 0.6 is 0 Å². The van der Waals surface area contributed by atoms with Gasteiger partial charge in [-0.15, -0.1) is 0 Å². The predicted molar refractivity (Wildman–Crippen MR) is 126 cm³/mol. The highest BCUT2D eigenvalue weighted by Crippen LogP contribution is 2.25. The predicted octanol–water partition coefficient (Wildman–Crippen LogP) is 5.32. The zero-order valence-electron chi connectivity index (χ0n) is 18.7. The number of carboxylic acids is 1. The monoisotopic (exact) mass is 449 g/mol. The van der Waals surface area contributed by atoms with Crippen LogP contribution in [0.1, 0.15) is 24.5 Å². The number of carbonyl (C=O) groups is 1. The number of methoxy groups -OCH3 is 1. The molecule has 172 valence electrons. The zero-order chi connectivity index (χ0) is 23.5. The van der Waals surface area contributed by atoms with E-state index in [4.69, 9.17) is 24.2 Å². The number of nitrogens with zero attached hydrogens (tertiary/aromatic N) is 1. The molecular formula is C26H27NO6. The molecule has 7 heteroatoms. The van der Waals surface area contributed by atoms with Gasteiger partial charge in [0.15, 0.2) is 0 Å². The first-order valence-corrected chi connectivity index (χ1v) is 10.6. The van der Waals surface area contributed by atoms with Crippen LogP contribution in [0.25, 0.3) is 0 Å². The minimum absolute atomic E-state index is 0.0670. The molecule has 0 saturated heterocycles. The highest BCUT2D eigenvalue weighted by Gasteiger charge is 2.10. The molecule has 3 rings (SSSR count). The number of oxime groups is 1. The molecule has 0 aliphatic carbocycles. The standard InChI is InChI=1S/C26H27NO6/c1-3-14-32-27-25(18-31-23-8-4-6-19(15-23)16-26(28)29)20-7-5-9-24(17-20)33-22-12-10-21(30-2)11-13-22/h4-13,15,17H,3,14,16,18H2,1-2H3,(H,28,29). The molecule has 3 aromatic carbocycles. The average molecular weight is 450 g/mol. The fraction of sp³-hybridized carbons (Fsp3) is 0.231. The third-order valence-electron chi connectivity index (χ3n) is 4.56. The van der Waals surface area contributed by atoms with Gasteiger partial charge in [-0.25, -0.2) is 0 Å². The first-order chi connectivity index (χ1) is 16.1. The van der Waals surface area contributed by atoms with Crippen molar-refractivity contribution in [1.82, 2.24) is 0 Å². The maximum atomic E-state index is 11.0. The van der Waals surface area contributed by atoms with E-state index in [1.54, 1.807) is 31.4 Å². The second kappa shape index (κ2) is 12.1. The second-order valence-electron chi connectivity index (χ2n) is 7.18. The summed E-state index contributed by atoms with van der Waals surface area (Å²) in [7, 11) is 1.62. The highest BCUT2D eigenvalue weighted by molar-refractivity contribution is 6.01. The van der Waals surface area contributed by atoms with Crippen LogP contribution in [0.15, 0.2) is 78.0 Å². The number of aliphatic carboxylic acids is 1. The van der Waals surface area contributed by atoms with E-state index in [1.807, 2.05) is 55.5 Å². The van der Waals surface area contributed by atoms with Crippen LogP contribution in [-0.4, -0.2) is 37.1 Å². The van der Waals surface area contributed by atoms with Gasteiger partial charge in [-0.2, -0.15) is 0 Å². The van der Waals surface area contributed by atoms with Crippen molar-refractivity contribution >= 4 is 11.7 Å². The van der Waals surface area contributed by atoms with E-state index >= 15 is 0 Å². The number of hydrogen-bond donors (Lipinski definition) is 1. The van der Waals surface area contributed by atoms with Crippen LogP contribution in [0.2, 0.25) is 0 Å². The minimum atomic E-state index is -0.893. The van der Waals surface area contributed by atoms with E-state index in [1.165, 1.54) is 0 Å². The van der Waals surface area contributed by atoms with Gasteiger partial charge < -0.3 is 24.2 Å². The van der Waals surface area contributed by atoms with Gasteiger partial charge in [-0.3, -0.25) is 4.79 Å². The first-order valence-electron chi connectivity index (χ1n) is 10.6. The zero-order valence-corrected chi connectivity index (χ0v) is 18.7. The van der Waals surface area contributed by atoms with E-state index < -0.39 is 5.97 Å². The molecule has 3 aromatic rings. The molecule has 0 radical (unpaired) electrons. The summed E-state index contributed by atoms with van der Waals surface area (Å²) in [5.41, 5.74) is 2.04. The smallest absolute Gasteiger partial charge is 0.307 e. The maximum absolute atomic E-state index is 11.0. The fourth-order valence-electron chi connectivity index (χ4n) is 2.97. The molecule has 0 atom stereocenters. The van der Waals surface area contributed by atoms with Crippen LogP contribution in [-0.2, 0) is 16.1 Å². The summed E-state index contributed by atoms with van der Waals surface area (Å²) in [6.45, 7) is 2.63. The van der Waals surface area contributed by atoms with Crippen molar-refractivity contribution in [2.45, 2.75) is 19.8 Å². The van der Waals surface area contributed by atoms with Crippen molar-refractivity contribution in [1.29, 1.82) is 0 Å². The van der Waals surface area contributed by atoms with E-state index in [9.17, 15) is 4.79 Å². The molecule has 7 nitrogen and oxygen atoms in total. The number of benzene rings is 3. The molecule has 0 aliphatic rings. The lowest BCUT2D eigenvalue weighted by Gasteiger charge is -2.12. The quantitative estimate of drug-likeness (QED) is 0.229. The Labute approximate surface area is 193 Å². The normalized spacial score (nSPS) is 11.0. The van der Waals surface area contributed by atoms with Crippen molar-refractivity contribution in [2.24, 2.45) is 5.16 Å². The van der Waals surface area contributed by atoms with Crippen molar-refractivity contribution in [3.8, 4) is 23.0 Å². The lowest BCUT2D eigenvalue weighted by Crippen LogP contribution is -2.14. The average Bonchev–Trinajstić information content (AvgIpc) is 2.82. The van der Waals surface area contributed by atoms with Crippen molar-refractivity contribution in [3.05, 3.63) is 83.9 Å². The van der Waals surface area contributed by atoms with Gasteiger partial charge in [0.05, 0.1) is 13.5 Å². The molecule has 0 bridgehead atoms. The lowest BCUT2D eigenvalue weighted by molar-refractivity contribution is -0.136. The van der Waals surface area contributed by atoms with Gasteiger partial charge in [0.1, 0.15) is 41.9 Å². The summed E-state index contributed by atoms with van der Waals surface area (Å²) in [5, 5.41) is 13.3. The molecule has 0 saturated carbocycles. The molecule has 0 spiro atoms. The highest BCUT2D eigenvalue weighted by atomic mass is 16.6. The Balaban J connectivity index is 1.75. The Morgan fingerprint density at radius 3 is 2.36 bits per heavy atom. The number of hydrogen-bond acceptors (Lipinski definition) is 6. The van der Waals surface area contributed by atoms with E-state index in [0.29, 0.717) is 35.1 Å². The summed E-state index contributed by atoms with van der Waals surface area (Å²) in [6.07, 6.45) is 0.762. The summed E-state index contributed by atoms with van der Waals surface area (Å²) < 4.78 is 17.0. The van der Waals surface area contributed by atoms with Gasteiger partial charge in [0.2, 0.25) is 0 Å². The van der Waals surface area contributed by atoms with Crippen LogP contribution in [0.3, 0.4) is 0 Å². The third kappa shape index (κ3) is 7.57. The Morgan fingerprint density at radius 2 is 1.64 bits per heavy atom. The first kappa shape index (κ1) is 23.7. The molecule has 0 unspecified atom stereocenters. The number of ether oxygens (including phenoxy) is 3. The molecule has 0 amide bonds. The van der Waals surface area contributed by atoms with Gasteiger partial charge in [-0.05, 0) is 60.5 Å². The van der Waals surface area contributed by atoms with E-state index in [0.717, 1.165) is 17.7 Å². The largest absolute Gasteiger partial charge is 0.497 e. The lowest BCUT2D eigenvalue weighted by atomic mass is 10.1. The summed E-state index contributed by atoms with van der Waals surface area (Å²) in [4.78, 5) is 16.4. The van der Waals surface area contributed by atoms with Crippen molar-refractivity contribution < 1.29 is 28.9 Å². The molecule has 1 N–H and O–H groups in total.